The highest BCUT2D eigenvalue weighted by molar-refractivity contribution is 7.19. The molecule has 0 atom stereocenters. The van der Waals surface area contributed by atoms with E-state index in [-0.39, 0.29) is 0 Å². The zero-order valence-corrected chi connectivity index (χ0v) is 13.7. The van der Waals surface area contributed by atoms with Crippen LogP contribution in [0.5, 0.6) is 0 Å². The minimum Gasteiger partial charge on any atom is -0.345 e. The van der Waals surface area contributed by atoms with E-state index in [1.54, 1.807) is 17.5 Å². The lowest BCUT2D eigenvalue weighted by Gasteiger charge is -2.03. The molecular formula is C16H16N6S. The van der Waals surface area contributed by atoms with E-state index in [2.05, 4.69) is 40.1 Å². The number of H-pyrrole nitrogens is 1. The van der Waals surface area contributed by atoms with Crippen LogP contribution in [0.25, 0.3) is 26.9 Å². The van der Waals surface area contributed by atoms with Gasteiger partial charge in [-0.1, -0.05) is 49.4 Å². The molecule has 3 aromatic heterocycles. The molecule has 6 nitrogen and oxygen atoms in total. The van der Waals surface area contributed by atoms with Crippen molar-refractivity contribution in [1.82, 2.24) is 29.8 Å². The van der Waals surface area contributed by atoms with Gasteiger partial charge in [-0.05, 0) is 5.92 Å². The third-order valence-electron chi connectivity index (χ3n) is 3.56. The molecule has 116 valence electrons. The molecule has 0 aliphatic carbocycles. The quantitative estimate of drug-likeness (QED) is 0.624. The average Bonchev–Trinajstić information content (AvgIpc) is 3.25. The summed E-state index contributed by atoms with van der Waals surface area (Å²) in [4.78, 5) is 8.34. The molecule has 0 spiro atoms. The second-order valence-electron chi connectivity index (χ2n) is 5.80. The van der Waals surface area contributed by atoms with Gasteiger partial charge < -0.3 is 4.98 Å². The Kier molecular flexibility index (Phi) is 3.42. The summed E-state index contributed by atoms with van der Waals surface area (Å²) in [7, 11) is 0. The van der Waals surface area contributed by atoms with Gasteiger partial charge >= 0.3 is 0 Å². The first-order valence-electron chi connectivity index (χ1n) is 7.52. The van der Waals surface area contributed by atoms with Gasteiger partial charge in [0.1, 0.15) is 10.8 Å². The third-order valence-corrected chi connectivity index (χ3v) is 4.49. The molecule has 0 unspecified atom stereocenters. The number of hydrogen-bond acceptors (Lipinski definition) is 5. The number of aromatic nitrogens is 6. The summed E-state index contributed by atoms with van der Waals surface area (Å²) < 4.78 is 1.86. The minimum atomic E-state index is 0.517. The highest BCUT2D eigenvalue weighted by Crippen LogP contribution is 2.33. The Balaban J connectivity index is 1.83. The van der Waals surface area contributed by atoms with E-state index < -0.39 is 0 Å². The maximum Gasteiger partial charge on any atom is 0.234 e. The first kappa shape index (κ1) is 14.1. The molecular weight excluding hydrogens is 308 g/mol. The predicted octanol–water partition coefficient (Wildman–Crippen LogP) is 3.44. The van der Waals surface area contributed by atoms with Crippen molar-refractivity contribution in [2.45, 2.75) is 20.3 Å². The van der Waals surface area contributed by atoms with Crippen molar-refractivity contribution < 1.29 is 0 Å². The van der Waals surface area contributed by atoms with Crippen LogP contribution in [-0.4, -0.2) is 29.8 Å². The van der Waals surface area contributed by atoms with Crippen molar-refractivity contribution in [2.24, 2.45) is 5.92 Å². The van der Waals surface area contributed by atoms with Gasteiger partial charge in [0.2, 0.25) is 4.96 Å². The lowest BCUT2D eigenvalue weighted by molar-refractivity contribution is 0.607. The van der Waals surface area contributed by atoms with Crippen LogP contribution in [0.3, 0.4) is 0 Å². The molecule has 1 N–H and O–H groups in total. The molecule has 0 aliphatic rings. The number of aromatic amines is 1. The summed E-state index contributed by atoms with van der Waals surface area (Å²) in [6, 6.07) is 8.13. The maximum absolute atomic E-state index is 4.74. The second-order valence-corrected chi connectivity index (χ2v) is 6.76. The Morgan fingerprint density at radius 2 is 2.00 bits per heavy atom. The van der Waals surface area contributed by atoms with E-state index in [4.69, 9.17) is 5.10 Å². The van der Waals surface area contributed by atoms with Gasteiger partial charge in [0, 0.05) is 29.9 Å². The van der Waals surface area contributed by atoms with Crippen LogP contribution < -0.4 is 0 Å². The molecule has 4 aromatic rings. The summed E-state index contributed by atoms with van der Waals surface area (Å²) >= 11 is 1.55. The molecule has 4 rings (SSSR count). The van der Waals surface area contributed by atoms with Gasteiger partial charge in [0.25, 0.3) is 0 Å². The van der Waals surface area contributed by atoms with Crippen LogP contribution in [0.2, 0.25) is 0 Å². The highest BCUT2D eigenvalue weighted by Gasteiger charge is 2.16. The van der Waals surface area contributed by atoms with Gasteiger partial charge in [-0.2, -0.15) is 9.61 Å². The number of benzene rings is 1. The Hall–Kier alpha value is -2.54. The van der Waals surface area contributed by atoms with Crippen LogP contribution in [0.1, 0.15) is 19.7 Å². The fourth-order valence-corrected chi connectivity index (χ4v) is 3.45. The monoisotopic (exact) mass is 324 g/mol. The number of rotatable bonds is 4. The van der Waals surface area contributed by atoms with E-state index in [0.29, 0.717) is 5.92 Å². The van der Waals surface area contributed by atoms with Crippen molar-refractivity contribution in [3.8, 4) is 22.0 Å². The fourth-order valence-electron chi connectivity index (χ4n) is 2.55. The van der Waals surface area contributed by atoms with E-state index >= 15 is 0 Å². The molecule has 0 amide bonds. The third kappa shape index (κ3) is 2.53. The van der Waals surface area contributed by atoms with Crippen molar-refractivity contribution in [3.63, 3.8) is 0 Å². The summed E-state index contributed by atoms with van der Waals surface area (Å²) in [5.41, 5.74) is 2.08. The van der Waals surface area contributed by atoms with Gasteiger partial charge in [0.05, 0.1) is 0 Å². The van der Waals surface area contributed by atoms with Crippen LogP contribution in [0.15, 0.2) is 36.7 Å². The van der Waals surface area contributed by atoms with Crippen LogP contribution in [-0.2, 0) is 6.42 Å². The molecule has 7 heteroatoms. The van der Waals surface area contributed by atoms with Gasteiger partial charge in [-0.15, -0.1) is 10.2 Å². The van der Waals surface area contributed by atoms with Gasteiger partial charge in [-0.3, -0.25) is 0 Å². The fraction of sp³-hybridized carbons (Fsp3) is 0.250. The van der Waals surface area contributed by atoms with Gasteiger partial charge in [0.15, 0.2) is 5.82 Å². The van der Waals surface area contributed by atoms with Crippen LogP contribution in [0.4, 0.5) is 0 Å². The first-order valence-corrected chi connectivity index (χ1v) is 8.34. The number of nitrogens with zero attached hydrogens (tertiary/aromatic N) is 5. The molecule has 3 heterocycles. The first-order chi connectivity index (χ1) is 11.2. The van der Waals surface area contributed by atoms with Crippen molar-refractivity contribution >= 4 is 16.3 Å². The van der Waals surface area contributed by atoms with E-state index in [0.717, 1.165) is 39.2 Å². The second kappa shape index (κ2) is 5.58. The van der Waals surface area contributed by atoms with E-state index in [9.17, 15) is 0 Å². The normalized spacial score (nSPS) is 11.6. The molecule has 0 saturated heterocycles. The molecule has 23 heavy (non-hydrogen) atoms. The lowest BCUT2D eigenvalue weighted by Crippen LogP contribution is -2.01. The smallest absolute Gasteiger partial charge is 0.234 e. The van der Waals surface area contributed by atoms with Crippen LogP contribution >= 0.6 is 11.3 Å². The highest BCUT2D eigenvalue weighted by atomic mass is 32.1. The summed E-state index contributed by atoms with van der Waals surface area (Å²) in [5, 5.41) is 14.2. The number of hydrogen-bond donors (Lipinski definition) is 1. The SMILES string of the molecule is CC(C)Cc1nnc2sc(-c3ccccc3-c3ncc[nH]3)nn12. The van der Waals surface area contributed by atoms with Crippen LogP contribution in [0, 0.1) is 5.92 Å². The van der Waals surface area contributed by atoms with E-state index in [1.807, 2.05) is 28.9 Å². The topological polar surface area (TPSA) is 71.8 Å². The molecule has 1 aromatic carbocycles. The zero-order chi connectivity index (χ0) is 15.8. The Labute approximate surface area is 137 Å². The molecule has 0 bridgehead atoms. The lowest BCUT2D eigenvalue weighted by atomic mass is 10.1. The molecule has 0 radical (unpaired) electrons. The largest absolute Gasteiger partial charge is 0.345 e. The number of fused-ring (bicyclic) bond motifs is 1. The summed E-state index contributed by atoms with van der Waals surface area (Å²) in [6.45, 7) is 4.33. The van der Waals surface area contributed by atoms with E-state index in [1.165, 1.54) is 0 Å². The predicted molar refractivity (Wildman–Crippen MR) is 90.2 cm³/mol. The van der Waals surface area contributed by atoms with Crippen molar-refractivity contribution in [2.75, 3.05) is 0 Å². The summed E-state index contributed by atoms with van der Waals surface area (Å²) in [5.74, 6) is 2.27. The Bertz CT molecular complexity index is 935. The van der Waals surface area contributed by atoms with Gasteiger partial charge in [-0.25, -0.2) is 4.98 Å². The average molecular weight is 324 g/mol. The van der Waals surface area contributed by atoms with Crippen molar-refractivity contribution in [3.05, 3.63) is 42.5 Å². The molecule has 0 fully saturated rings. The standard InChI is InChI=1S/C16H16N6S/c1-10(2)9-13-19-20-16-22(13)21-15(23-16)12-6-4-3-5-11(12)14-17-7-8-18-14/h3-8,10H,9H2,1-2H3,(H,17,18). The Morgan fingerprint density at radius 1 is 1.17 bits per heavy atom. The minimum absolute atomic E-state index is 0.517. The zero-order valence-electron chi connectivity index (χ0n) is 12.9. The summed E-state index contributed by atoms with van der Waals surface area (Å²) in [6.07, 6.45) is 4.45. The Morgan fingerprint density at radius 3 is 2.74 bits per heavy atom. The number of nitrogens with one attached hydrogen (secondary N) is 1. The molecule has 0 aliphatic heterocycles. The number of imidazole rings is 1. The molecule has 0 saturated carbocycles. The maximum atomic E-state index is 4.74. The van der Waals surface area contributed by atoms with Crippen molar-refractivity contribution in [1.29, 1.82) is 0 Å².